The van der Waals surface area contributed by atoms with Gasteiger partial charge >= 0.3 is 0 Å². The van der Waals surface area contributed by atoms with E-state index in [1.165, 1.54) is 0 Å². The first-order chi connectivity index (χ1) is 17.5. The van der Waals surface area contributed by atoms with Crippen molar-refractivity contribution in [2.45, 2.75) is 19.4 Å². The van der Waals surface area contributed by atoms with Gasteiger partial charge in [0.2, 0.25) is 5.76 Å². The normalized spacial score (nSPS) is 18.0. The maximum absolute atomic E-state index is 13.8. The van der Waals surface area contributed by atoms with E-state index >= 15 is 0 Å². The second kappa shape index (κ2) is 10.5. The monoisotopic (exact) mass is 508 g/mol. The molecule has 0 saturated carbocycles. The van der Waals surface area contributed by atoms with Crippen LogP contribution in [0.4, 0.5) is 0 Å². The number of benzene rings is 2. The van der Waals surface area contributed by atoms with Crippen LogP contribution in [-0.4, -0.2) is 61.7 Å². The molecule has 36 heavy (non-hydrogen) atoms. The van der Waals surface area contributed by atoms with Crippen molar-refractivity contribution < 1.29 is 18.7 Å². The molecule has 2 aromatic carbocycles. The van der Waals surface area contributed by atoms with Gasteiger partial charge in [0.1, 0.15) is 17.9 Å². The summed E-state index contributed by atoms with van der Waals surface area (Å²) in [6.07, 6.45) is 2.44. The van der Waals surface area contributed by atoms with E-state index in [4.69, 9.17) is 25.5 Å². The summed E-state index contributed by atoms with van der Waals surface area (Å²) in [6.45, 7) is 10.4. The van der Waals surface area contributed by atoms with Gasteiger partial charge in [-0.25, -0.2) is 0 Å². The summed E-state index contributed by atoms with van der Waals surface area (Å²) < 4.78 is 17.3. The predicted molar refractivity (Wildman–Crippen MR) is 139 cm³/mol. The van der Waals surface area contributed by atoms with Crippen molar-refractivity contribution in [3.8, 4) is 5.75 Å². The van der Waals surface area contributed by atoms with Gasteiger partial charge in [-0.1, -0.05) is 36.4 Å². The number of rotatable bonds is 8. The highest BCUT2D eigenvalue weighted by Gasteiger charge is 2.42. The molecule has 188 valence electrons. The number of fused-ring (bicyclic) bond motifs is 2. The van der Waals surface area contributed by atoms with Gasteiger partial charge in [-0.3, -0.25) is 14.5 Å². The molecular weight excluding hydrogens is 480 g/mol. The molecule has 1 fully saturated rings. The molecule has 1 aromatic heterocycles. The first kappa shape index (κ1) is 24.6. The number of hydrogen-bond acceptors (Lipinski definition) is 6. The predicted octanol–water partition coefficient (Wildman–Crippen LogP) is 4.59. The molecule has 0 N–H and O–H groups in total. The molecule has 0 aliphatic carbocycles. The molecule has 0 spiro atoms. The topological polar surface area (TPSA) is 72.2 Å². The van der Waals surface area contributed by atoms with Crippen LogP contribution in [0.15, 0.2) is 58.3 Å². The van der Waals surface area contributed by atoms with Gasteiger partial charge < -0.3 is 18.8 Å². The fraction of sp³-hybridized carbons (Fsp3) is 0.357. The Balaban J connectivity index is 1.55. The zero-order chi connectivity index (χ0) is 25.2. The minimum Gasteiger partial charge on any atom is -0.490 e. The van der Waals surface area contributed by atoms with Gasteiger partial charge in [0.15, 0.2) is 5.43 Å². The zero-order valence-corrected chi connectivity index (χ0v) is 21.1. The number of amides is 1. The molecule has 8 heteroatoms. The van der Waals surface area contributed by atoms with Crippen molar-refractivity contribution in [2.75, 3.05) is 46.0 Å². The quantitative estimate of drug-likeness (QED) is 0.414. The van der Waals surface area contributed by atoms with Crippen LogP contribution in [0.3, 0.4) is 0 Å². The maximum atomic E-state index is 13.8. The highest BCUT2D eigenvalue weighted by Crippen LogP contribution is 2.39. The Hall–Kier alpha value is -3.13. The van der Waals surface area contributed by atoms with Crippen LogP contribution < -0.4 is 10.2 Å². The minimum atomic E-state index is -0.579. The van der Waals surface area contributed by atoms with Gasteiger partial charge in [0.25, 0.3) is 5.91 Å². The first-order valence-electron chi connectivity index (χ1n) is 12.2. The van der Waals surface area contributed by atoms with E-state index in [1.54, 1.807) is 23.1 Å². The summed E-state index contributed by atoms with van der Waals surface area (Å²) >= 11 is 6.34. The summed E-state index contributed by atoms with van der Waals surface area (Å²) in [7, 11) is 0. The number of halogens is 1. The molecule has 1 amide bonds. The number of carbonyl (C=O) groups excluding carboxylic acids is 1. The minimum absolute atomic E-state index is 0.100. The molecule has 3 aromatic rings. The highest BCUT2D eigenvalue weighted by atomic mass is 35.5. The smallest absolute Gasteiger partial charge is 0.290 e. The Morgan fingerprint density at radius 2 is 1.97 bits per heavy atom. The van der Waals surface area contributed by atoms with Gasteiger partial charge in [-0.2, -0.15) is 0 Å². The third-order valence-electron chi connectivity index (χ3n) is 6.77. The van der Waals surface area contributed by atoms with Crippen molar-refractivity contribution in [3.63, 3.8) is 0 Å². The van der Waals surface area contributed by atoms with Crippen LogP contribution in [0.2, 0.25) is 5.02 Å². The fourth-order valence-electron chi connectivity index (χ4n) is 4.94. The fourth-order valence-corrected chi connectivity index (χ4v) is 5.10. The zero-order valence-electron chi connectivity index (χ0n) is 20.3. The Bertz CT molecular complexity index is 1360. The standard InChI is InChI=1S/C28H29ClN2O5/c1-3-12-35-20-7-4-6-19(16-20)25-24-26(32)21-17-22(29)18(2)15-23(21)36-27(24)28(33)31(25)9-5-8-30-10-13-34-14-11-30/h3-4,6-7,15-17,25H,1,5,8-14H2,2H3. The lowest BCUT2D eigenvalue weighted by atomic mass is 9.98. The van der Waals surface area contributed by atoms with Gasteiger partial charge in [0, 0.05) is 31.2 Å². The molecule has 1 unspecified atom stereocenters. The molecule has 3 heterocycles. The SMILES string of the molecule is C=CCOc1cccc(C2c3c(oc4cc(C)c(Cl)cc4c3=O)C(=O)N2CCCN2CCOCC2)c1. The van der Waals surface area contributed by atoms with Crippen molar-refractivity contribution in [1.82, 2.24) is 9.80 Å². The molecule has 0 bridgehead atoms. The third-order valence-corrected chi connectivity index (χ3v) is 7.17. The molecule has 1 atom stereocenters. The number of aryl methyl sites for hydroxylation is 1. The lowest BCUT2D eigenvalue weighted by molar-refractivity contribution is 0.0353. The average Bonchev–Trinajstić information content (AvgIpc) is 3.16. The molecule has 5 rings (SSSR count). The second-order valence-electron chi connectivity index (χ2n) is 9.15. The van der Waals surface area contributed by atoms with E-state index in [-0.39, 0.29) is 17.1 Å². The van der Waals surface area contributed by atoms with Crippen LogP contribution in [-0.2, 0) is 4.74 Å². The van der Waals surface area contributed by atoms with Crippen molar-refractivity contribution >= 4 is 28.5 Å². The Labute approximate surface area is 214 Å². The molecule has 7 nitrogen and oxygen atoms in total. The van der Waals surface area contributed by atoms with Gasteiger partial charge in [-0.05, 0) is 48.7 Å². The third kappa shape index (κ3) is 4.66. The summed E-state index contributed by atoms with van der Waals surface area (Å²) in [5.41, 5.74) is 2.05. The Morgan fingerprint density at radius 1 is 1.17 bits per heavy atom. The number of ether oxygens (including phenoxy) is 2. The number of hydrogen-bond donors (Lipinski definition) is 0. The van der Waals surface area contributed by atoms with E-state index in [9.17, 15) is 9.59 Å². The summed E-state index contributed by atoms with van der Waals surface area (Å²) in [4.78, 5) is 31.5. The van der Waals surface area contributed by atoms with Crippen molar-refractivity contribution in [3.05, 3.63) is 86.7 Å². The van der Waals surface area contributed by atoms with Crippen molar-refractivity contribution in [2.24, 2.45) is 0 Å². The van der Waals surface area contributed by atoms with Crippen LogP contribution in [0.25, 0.3) is 11.0 Å². The first-order valence-corrected chi connectivity index (χ1v) is 12.6. The summed E-state index contributed by atoms with van der Waals surface area (Å²) in [6, 6.07) is 10.3. The van der Waals surface area contributed by atoms with Crippen LogP contribution in [0.5, 0.6) is 5.75 Å². The van der Waals surface area contributed by atoms with Crippen molar-refractivity contribution in [1.29, 1.82) is 0 Å². The largest absolute Gasteiger partial charge is 0.490 e. The van der Waals surface area contributed by atoms with Crippen LogP contribution in [0, 0.1) is 6.92 Å². The molecule has 1 saturated heterocycles. The van der Waals surface area contributed by atoms with Crippen LogP contribution in [0.1, 0.15) is 39.7 Å². The maximum Gasteiger partial charge on any atom is 0.290 e. The molecule has 0 radical (unpaired) electrons. The van der Waals surface area contributed by atoms with Gasteiger partial charge in [-0.15, -0.1) is 0 Å². The van der Waals surface area contributed by atoms with Gasteiger partial charge in [0.05, 0.1) is 30.2 Å². The molecule has 2 aliphatic rings. The highest BCUT2D eigenvalue weighted by molar-refractivity contribution is 6.32. The van der Waals surface area contributed by atoms with E-state index in [0.717, 1.165) is 50.4 Å². The Kier molecular flexibility index (Phi) is 7.14. The molecule has 2 aliphatic heterocycles. The van der Waals surface area contributed by atoms with E-state index in [2.05, 4.69) is 11.5 Å². The number of carbonyl (C=O) groups is 1. The lowest BCUT2D eigenvalue weighted by Crippen LogP contribution is -2.38. The second-order valence-corrected chi connectivity index (χ2v) is 9.56. The Morgan fingerprint density at radius 3 is 2.75 bits per heavy atom. The van der Waals surface area contributed by atoms with Crippen LogP contribution >= 0.6 is 11.6 Å². The summed E-state index contributed by atoms with van der Waals surface area (Å²) in [5, 5.41) is 0.856. The van der Waals surface area contributed by atoms with E-state index in [1.807, 2.05) is 31.2 Å². The number of nitrogens with zero attached hydrogens (tertiary/aromatic N) is 2. The van der Waals surface area contributed by atoms with E-state index < -0.39 is 6.04 Å². The summed E-state index contributed by atoms with van der Waals surface area (Å²) in [5.74, 6) is 0.467. The number of morpholine rings is 1. The van der Waals surface area contributed by atoms with E-state index in [0.29, 0.717) is 40.5 Å². The lowest BCUT2D eigenvalue weighted by Gasteiger charge is -2.29. The molecular formula is C28H29ClN2O5. The average molecular weight is 509 g/mol.